The molecule has 2 saturated heterocycles. The second-order valence-corrected chi connectivity index (χ2v) is 15.6. The summed E-state index contributed by atoms with van der Waals surface area (Å²) in [6.45, 7) is 7.50. The summed E-state index contributed by atoms with van der Waals surface area (Å²) in [6.07, 6.45) is -14.9. The molecule has 22 nitrogen and oxygen atoms in total. The van der Waals surface area contributed by atoms with E-state index in [1.165, 1.54) is 22.9 Å². The Balaban J connectivity index is 1.63. The molecule has 0 bridgehead atoms. The standard InChI is InChI=1S/C40H44N2O20S2/c1-17(43)53-15-27-29(55-19(3)45)31(57-21(5)47)33(59-23(7)49)39(61-27)41-37(51)35-25(11-13-63-35)9-10-26-12-14-64-36(26)38(52)42-40-34(60-24(8)50)32(58-22(6)48)30(56-20(4)46)28(62-40)16-54-18(2)44/h11-14,27-34,39-40H,15-16H2,1-8H3,(H,41,51)(H,42,52)/t27-,28-,29-,30-,31+,32+,33-,34-,39-,40-/m1/s1. The minimum absolute atomic E-state index is 0.0130. The van der Waals surface area contributed by atoms with Gasteiger partial charge in [0.1, 0.15) is 35.2 Å². The van der Waals surface area contributed by atoms with Crippen LogP contribution in [0, 0.1) is 11.8 Å². The first-order chi connectivity index (χ1) is 30.1. The van der Waals surface area contributed by atoms with Crippen molar-refractivity contribution in [2.24, 2.45) is 0 Å². The molecule has 0 aromatic carbocycles. The Morgan fingerprint density at radius 3 is 1.06 bits per heavy atom. The maximum atomic E-state index is 13.9. The summed E-state index contributed by atoms with van der Waals surface area (Å²) in [5.74, 6) is -2.56. The summed E-state index contributed by atoms with van der Waals surface area (Å²) < 4.78 is 54.5. The first-order valence-corrected chi connectivity index (χ1v) is 20.8. The summed E-state index contributed by atoms with van der Waals surface area (Å²) in [5.41, 5.74) is 0.315. The van der Waals surface area contributed by atoms with Crippen molar-refractivity contribution in [1.82, 2.24) is 10.6 Å². The van der Waals surface area contributed by atoms with Gasteiger partial charge in [0.05, 0.1) is 0 Å². The number of nitrogens with one attached hydrogen (secondary N) is 2. The molecule has 0 unspecified atom stereocenters. The van der Waals surface area contributed by atoms with Crippen molar-refractivity contribution in [3.05, 3.63) is 43.8 Å². The number of hydrogen-bond donors (Lipinski definition) is 2. The molecule has 64 heavy (non-hydrogen) atoms. The first kappa shape index (κ1) is 50.2. The van der Waals surface area contributed by atoms with Crippen molar-refractivity contribution in [1.29, 1.82) is 0 Å². The van der Waals surface area contributed by atoms with Gasteiger partial charge in [-0.3, -0.25) is 47.9 Å². The molecule has 4 heterocycles. The minimum Gasteiger partial charge on any atom is -0.463 e. The maximum Gasteiger partial charge on any atom is 0.303 e. The van der Waals surface area contributed by atoms with Gasteiger partial charge in [0.2, 0.25) is 0 Å². The lowest BCUT2D eigenvalue weighted by molar-refractivity contribution is -0.255. The van der Waals surface area contributed by atoms with Crippen LogP contribution in [0.15, 0.2) is 22.9 Å². The molecule has 4 rings (SSSR count). The largest absolute Gasteiger partial charge is 0.463 e. The van der Waals surface area contributed by atoms with E-state index in [9.17, 15) is 47.9 Å². The molecular formula is C40H44N2O20S2. The topological polar surface area (TPSA) is 287 Å². The number of thiophene rings is 2. The molecule has 2 aliphatic heterocycles. The highest BCUT2D eigenvalue weighted by atomic mass is 32.1. The molecule has 0 saturated carbocycles. The zero-order valence-corrected chi connectivity index (χ0v) is 37.1. The zero-order valence-electron chi connectivity index (χ0n) is 35.5. The molecule has 10 atom stereocenters. The predicted octanol–water partition coefficient (Wildman–Crippen LogP) is 0.835. The molecule has 0 aliphatic carbocycles. The van der Waals surface area contributed by atoms with Crippen LogP contribution in [0.4, 0.5) is 0 Å². The van der Waals surface area contributed by atoms with E-state index in [4.69, 9.17) is 47.4 Å². The van der Waals surface area contributed by atoms with Gasteiger partial charge >= 0.3 is 47.8 Å². The van der Waals surface area contributed by atoms with Crippen LogP contribution in [0.3, 0.4) is 0 Å². The number of esters is 8. The summed E-state index contributed by atoms with van der Waals surface area (Å²) in [4.78, 5) is 124. The third-order valence-electron chi connectivity index (χ3n) is 8.60. The summed E-state index contributed by atoms with van der Waals surface area (Å²) in [7, 11) is 0. The van der Waals surface area contributed by atoms with Crippen LogP contribution in [0.2, 0.25) is 0 Å². The monoisotopic (exact) mass is 936 g/mol. The number of carbonyl (C=O) groups excluding carboxylic acids is 10. The van der Waals surface area contributed by atoms with Crippen molar-refractivity contribution in [2.45, 2.75) is 117 Å². The van der Waals surface area contributed by atoms with Gasteiger partial charge in [0, 0.05) is 66.5 Å². The average Bonchev–Trinajstić information content (AvgIpc) is 3.86. The van der Waals surface area contributed by atoms with E-state index in [1.807, 2.05) is 0 Å². The lowest BCUT2D eigenvalue weighted by atomic mass is 9.97. The van der Waals surface area contributed by atoms with Crippen molar-refractivity contribution in [3.8, 4) is 11.8 Å². The fourth-order valence-electron chi connectivity index (χ4n) is 6.38. The normalized spacial score (nSPS) is 24.8. The van der Waals surface area contributed by atoms with E-state index in [0.717, 1.165) is 78.1 Å². The molecule has 0 spiro atoms. The minimum atomic E-state index is -1.58. The summed E-state index contributed by atoms with van der Waals surface area (Å²) in [6, 6.07) is 3.01. The Kier molecular flexibility index (Phi) is 17.9. The molecule has 2 amide bonds. The highest BCUT2D eigenvalue weighted by molar-refractivity contribution is 7.12. The second-order valence-electron chi connectivity index (χ2n) is 13.8. The van der Waals surface area contributed by atoms with Crippen LogP contribution in [0.5, 0.6) is 0 Å². The molecule has 2 fully saturated rings. The molecular weight excluding hydrogens is 893 g/mol. The number of rotatable bonds is 14. The van der Waals surface area contributed by atoms with Gasteiger partial charge in [-0.2, -0.15) is 0 Å². The number of ether oxygens (including phenoxy) is 10. The van der Waals surface area contributed by atoms with Crippen LogP contribution < -0.4 is 10.6 Å². The van der Waals surface area contributed by atoms with Crippen LogP contribution in [-0.2, 0) is 85.7 Å². The Hall–Kier alpha value is -6.42. The van der Waals surface area contributed by atoms with Gasteiger partial charge < -0.3 is 58.0 Å². The maximum absolute atomic E-state index is 13.9. The van der Waals surface area contributed by atoms with Crippen LogP contribution in [0.1, 0.15) is 85.9 Å². The quantitative estimate of drug-likeness (QED) is 0.151. The summed E-state index contributed by atoms with van der Waals surface area (Å²) in [5, 5.41) is 8.24. The molecule has 0 radical (unpaired) electrons. The van der Waals surface area contributed by atoms with Crippen molar-refractivity contribution < 1.29 is 95.3 Å². The lowest BCUT2D eigenvalue weighted by Crippen LogP contribution is -2.66. The van der Waals surface area contributed by atoms with Gasteiger partial charge in [0.25, 0.3) is 11.8 Å². The SMILES string of the molecule is CC(=O)OC[C@H]1O[C@@H](NC(=O)c2sccc2C#Cc2ccsc2C(=O)N[C@@H]2O[C@H](COC(C)=O)[C@@H](OC(C)=O)[C@H](OC(C)=O)[C@H]2OC(C)=O)[C@H](OC(C)=O)[C@@H](OC(C)=O)[C@@H]1OC(C)=O. The molecule has 346 valence electrons. The first-order valence-electron chi connectivity index (χ1n) is 19.0. The Morgan fingerprint density at radius 2 is 0.766 bits per heavy atom. The molecule has 2 N–H and O–H groups in total. The number of hydrogen-bond acceptors (Lipinski definition) is 22. The lowest BCUT2D eigenvalue weighted by Gasteiger charge is -2.44. The zero-order chi connectivity index (χ0) is 47.4. The molecule has 24 heteroatoms. The fraction of sp³-hybridized carbons (Fsp3) is 0.500. The Morgan fingerprint density at radius 1 is 0.469 bits per heavy atom. The highest BCUT2D eigenvalue weighted by Gasteiger charge is 2.54. The van der Waals surface area contributed by atoms with Gasteiger partial charge in [-0.1, -0.05) is 11.8 Å². The third kappa shape index (κ3) is 14.0. The number of amides is 2. The van der Waals surface area contributed by atoms with E-state index < -0.39 is 134 Å². The van der Waals surface area contributed by atoms with Crippen molar-refractivity contribution >= 4 is 82.2 Å². The fourth-order valence-corrected chi connectivity index (χ4v) is 7.88. The van der Waals surface area contributed by atoms with Gasteiger partial charge in [0.15, 0.2) is 49.1 Å². The van der Waals surface area contributed by atoms with E-state index in [1.54, 1.807) is 0 Å². The predicted molar refractivity (Wildman–Crippen MR) is 213 cm³/mol. The van der Waals surface area contributed by atoms with E-state index in [-0.39, 0.29) is 20.9 Å². The Labute approximate surface area is 372 Å². The van der Waals surface area contributed by atoms with E-state index in [2.05, 4.69) is 22.5 Å². The van der Waals surface area contributed by atoms with Crippen molar-refractivity contribution in [2.75, 3.05) is 13.2 Å². The van der Waals surface area contributed by atoms with E-state index >= 15 is 0 Å². The Bertz CT molecular complexity index is 2040. The molecule has 2 aromatic rings. The third-order valence-corrected chi connectivity index (χ3v) is 10.4. The van der Waals surface area contributed by atoms with Gasteiger partial charge in [-0.25, -0.2) is 0 Å². The highest BCUT2D eigenvalue weighted by Crippen LogP contribution is 2.31. The molecule has 2 aromatic heterocycles. The van der Waals surface area contributed by atoms with Crippen LogP contribution in [-0.4, -0.2) is 134 Å². The van der Waals surface area contributed by atoms with E-state index in [0.29, 0.717) is 0 Å². The number of carbonyl (C=O) groups is 10. The van der Waals surface area contributed by atoms with Crippen LogP contribution in [0.25, 0.3) is 0 Å². The van der Waals surface area contributed by atoms with Gasteiger partial charge in [-0.05, 0) is 22.9 Å². The van der Waals surface area contributed by atoms with Gasteiger partial charge in [-0.15, -0.1) is 22.7 Å². The second kappa shape index (κ2) is 22.8. The average molecular weight is 937 g/mol. The smallest absolute Gasteiger partial charge is 0.303 e. The summed E-state index contributed by atoms with van der Waals surface area (Å²) >= 11 is 1.90. The molecule has 2 aliphatic rings. The van der Waals surface area contributed by atoms with Crippen LogP contribution >= 0.6 is 22.7 Å². The van der Waals surface area contributed by atoms with Crippen molar-refractivity contribution in [3.63, 3.8) is 0 Å².